The molecule has 2 fully saturated rings. The topological polar surface area (TPSA) is 98.7 Å². The van der Waals surface area contributed by atoms with E-state index in [4.69, 9.17) is 5.11 Å². The van der Waals surface area contributed by atoms with E-state index in [1.165, 1.54) is 6.42 Å². The Hall–Kier alpha value is -1.63. The minimum Gasteiger partial charge on any atom is -0.481 e. The number of urea groups is 1. The summed E-state index contributed by atoms with van der Waals surface area (Å²) in [4.78, 5) is 37.2. The van der Waals surface area contributed by atoms with E-state index in [0.717, 1.165) is 45.1 Å². The summed E-state index contributed by atoms with van der Waals surface area (Å²) in [5, 5.41) is 14.2. The average molecular weight is 353 g/mol. The van der Waals surface area contributed by atoms with Gasteiger partial charge in [-0.25, -0.2) is 4.79 Å². The van der Waals surface area contributed by atoms with Crippen molar-refractivity contribution in [1.82, 2.24) is 15.5 Å². The van der Waals surface area contributed by atoms with Gasteiger partial charge >= 0.3 is 12.0 Å². The van der Waals surface area contributed by atoms with Crippen molar-refractivity contribution in [1.29, 1.82) is 0 Å². The molecule has 7 heteroatoms. The summed E-state index contributed by atoms with van der Waals surface area (Å²) in [5.41, 5.74) is 0. The number of carbonyl (C=O) groups is 3. The van der Waals surface area contributed by atoms with Crippen LogP contribution < -0.4 is 10.6 Å². The Morgan fingerprint density at radius 1 is 1.12 bits per heavy atom. The summed E-state index contributed by atoms with van der Waals surface area (Å²) in [7, 11) is 0. The number of imide groups is 1. The van der Waals surface area contributed by atoms with Crippen LogP contribution in [0.5, 0.6) is 0 Å². The maximum Gasteiger partial charge on any atom is 0.321 e. The molecule has 2 rings (SSSR count). The normalized spacial score (nSPS) is 23.6. The fourth-order valence-corrected chi connectivity index (χ4v) is 3.86. The fraction of sp³-hybridized carbons (Fsp3) is 0.833. The smallest absolute Gasteiger partial charge is 0.321 e. The SMILES string of the molecule is CC(C(=O)NC(=O)NC1CCCCC1)N1CCCC(CCC(=O)O)C1. The number of hydrogen-bond donors (Lipinski definition) is 3. The summed E-state index contributed by atoms with van der Waals surface area (Å²) in [5.74, 6) is -0.759. The first-order chi connectivity index (χ1) is 12.0. The van der Waals surface area contributed by atoms with E-state index in [-0.39, 0.29) is 24.4 Å². The summed E-state index contributed by atoms with van der Waals surface area (Å²) in [6.45, 7) is 3.33. The second-order valence-corrected chi connectivity index (χ2v) is 7.41. The molecule has 1 aliphatic carbocycles. The van der Waals surface area contributed by atoms with Crippen LogP contribution in [0, 0.1) is 5.92 Å². The average Bonchev–Trinajstić information content (AvgIpc) is 2.60. The second kappa shape index (κ2) is 9.75. The third kappa shape index (κ3) is 6.65. The highest BCUT2D eigenvalue weighted by Gasteiger charge is 2.28. The molecule has 3 N–H and O–H groups in total. The first-order valence-corrected chi connectivity index (χ1v) is 9.53. The zero-order valence-electron chi connectivity index (χ0n) is 15.1. The molecule has 7 nitrogen and oxygen atoms in total. The van der Waals surface area contributed by atoms with Crippen molar-refractivity contribution in [3.05, 3.63) is 0 Å². The van der Waals surface area contributed by atoms with Crippen molar-refractivity contribution in [2.75, 3.05) is 13.1 Å². The highest BCUT2D eigenvalue weighted by atomic mass is 16.4. The minimum absolute atomic E-state index is 0.170. The van der Waals surface area contributed by atoms with E-state index in [1.807, 2.05) is 6.92 Å². The van der Waals surface area contributed by atoms with Crippen LogP contribution in [0.15, 0.2) is 0 Å². The van der Waals surface area contributed by atoms with Crippen LogP contribution in [0.2, 0.25) is 0 Å². The first-order valence-electron chi connectivity index (χ1n) is 9.53. The quantitative estimate of drug-likeness (QED) is 0.679. The van der Waals surface area contributed by atoms with Gasteiger partial charge in [-0.2, -0.15) is 0 Å². The fourth-order valence-electron chi connectivity index (χ4n) is 3.86. The number of piperidine rings is 1. The standard InChI is InChI=1S/C18H31N3O4/c1-13(21-11-5-6-14(12-21)9-10-16(22)23)17(24)20-18(25)19-15-7-3-2-4-8-15/h13-15H,2-12H2,1H3,(H,22,23)(H2,19,20,24,25). The summed E-state index contributed by atoms with van der Waals surface area (Å²) < 4.78 is 0. The lowest BCUT2D eigenvalue weighted by atomic mass is 9.92. The van der Waals surface area contributed by atoms with Crippen molar-refractivity contribution >= 4 is 17.9 Å². The van der Waals surface area contributed by atoms with Crippen LogP contribution in [0.4, 0.5) is 4.79 Å². The number of hydrogen-bond acceptors (Lipinski definition) is 4. The Labute approximate surface area is 149 Å². The molecule has 25 heavy (non-hydrogen) atoms. The highest BCUT2D eigenvalue weighted by Crippen LogP contribution is 2.22. The molecular formula is C18H31N3O4. The molecule has 1 saturated heterocycles. The molecule has 0 radical (unpaired) electrons. The van der Waals surface area contributed by atoms with Gasteiger partial charge in [0.2, 0.25) is 5.91 Å². The molecule has 2 atom stereocenters. The van der Waals surface area contributed by atoms with E-state index in [9.17, 15) is 14.4 Å². The highest BCUT2D eigenvalue weighted by molar-refractivity contribution is 5.96. The van der Waals surface area contributed by atoms with Gasteiger partial charge in [0.1, 0.15) is 0 Å². The van der Waals surface area contributed by atoms with Crippen molar-refractivity contribution in [2.45, 2.75) is 76.8 Å². The minimum atomic E-state index is -0.776. The molecule has 0 aromatic rings. The van der Waals surface area contributed by atoms with Gasteiger partial charge in [-0.05, 0) is 51.5 Å². The van der Waals surface area contributed by atoms with Crippen LogP contribution >= 0.6 is 0 Å². The zero-order valence-corrected chi connectivity index (χ0v) is 15.1. The van der Waals surface area contributed by atoms with Crippen LogP contribution in [0.25, 0.3) is 0 Å². The molecule has 1 aliphatic heterocycles. The predicted octanol–water partition coefficient (Wildman–Crippen LogP) is 2.11. The zero-order chi connectivity index (χ0) is 18.2. The van der Waals surface area contributed by atoms with Gasteiger partial charge in [-0.1, -0.05) is 19.3 Å². The summed E-state index contributed by atoms with van der Waals surface area (Å²) >= 11 is 0. The number of likely N-dealkylation sites (tertiary alicyclic amines) is 1. The molecule has 2 unspecified atom stereocenters. The molecule has 0 bridgehead atoms. The van der Waals surface area contributed by atoms with Crippen LogP contribution in [0.3, 0.4) is 0 Å². The maximum atomic E-state index is 12.4. The van der Waals surface area contributed by atoms with Gasteiger partial charge in [0.15, 0.2) is 0 Å². The largest absolute Gasteiger partial charge is 0.481 e. The van der Waals surface area contributed by atoms with Gasteiger partial charge in [-0.15, -0.1) is 0 Å². The summed E-state index contributed by atoms with van der Waals surface area (Å²) in [6, 6.07) is -0.611. The van der Waals surface area contributed by atoms with Crippen molar-refractivity contribution in [2.24, 2.45) is 5.92 Å². The van der Waals surface area contributed by atoms with Crippen LogP contribution in [-0.4, -0.2) is 53.1 Å². The molecule has 1 heterocycles. The van der Waals surface area contributed by atoms with E-state index in [1.54, 1.807) is 0 Å². The number of aliphatic carboxylic acids is 1. The number of rotatable bonds is 6. The molecule has 2 aliphatic rings. The van der Waals surface area contributed by atoms with Gasteiger partial charge in [0.25, 0.3) is 0 Å². The molecule has 1 saturated carbocycles. The number of nitrogens with zero attached hydrogens (tertiary/aromatic N) is 1. The second-order valence-electron chi connectivity index (χ2n) is 7.41. The number of nitrogens with one attached hydrogen (secondary N) is 2. The lowest BCUT2D eigenvalue weighted by Crippen LogP contribution is -2.53. The van der Waals surface area contributed by atoms with Gasteiger partial charge in [0.05, 0.1) is 6.04 Å². The lowest BCUT2D eigenvalue weighted by Gasteiger charge is -2.36. The lowest BCUT2D eigenvalue weighted by molar-refractivity contribution is -0.137. The molecule has 3 amide bonds. The van der Waals surface area contributed by atoms with Crippen LogP contribution in [0.1, 0.15) is 64.7 Å². The Morgan fingerprint density at radius 3 is 2.52 bits per heavy atom. The van der Waals surface area contributed by atoms with Gasteiger partial charge in [0, 0.05) is 19.0 Å². The third-order valence-corrected chi connectivity index (χ3v) is 5.42. The monoisotopic (exact) mass is 353 g/mol. The Morgan fingerprint density at radius 2 is 1.84 bits per heavy atom. The molecule has 0 aromatic heterocycles. The van der Waals surface area contributed by atoms with E-state index >= 15 is 0 Å². The Bertz CT molecular complexity index is 477. The van der Waals surface area contributed by atoms with E-state index in [0.29, 0.717) is 18.9 Å². The van der Waals surface area contributed by atoms with Crippen molar-refractivity contribution in [3.8, 4) is 0 Å². The van der Waals surface area contributed by atoms with Crippen molar-refractivity contribution in [3.63, 3.8) is 0 Å². The third-order valence-electron chi connectivity index (χ3n) is 5.42. The van der Waals surface area contributed by atoms with E-state index < -0.39 is 12.0 Å². The van der Waals surface area contributed by atoms with Crippen molar-refractivity contribution < 1.29 is 19.5 Å². The molecular weight excluding hydrogens is 322 g/mol. The van der Waals surface area contributed by atoms with Gasteiger partial charge < -0.3 is 10.4 Å². The Balaban J connectivity index is 1.75. The summed E-state index contributed by atoms with van der Waals surface area (Å²) in [6.07, 6.45) is 8.19. The van der Waals surface area contributed by atoms with E-state index in [2.05, 4.69) is 15.5 Å². The number of carboxylic acids is 1. The molecule has 0 aromatic carbocycles. The number of carbonyl (C=O) groups excluding carboxylic acids is 2. The maximum absolute atomic E-state index is 12.4. The predicted molar refractivity (Wildman–Crippen MR) is 94.2 cm³/mol. The number of carboxylic acid groups (broad SMARTS) is 1. The molecule has 0 spiro atoms. The first kappa shape index (κ1) is 19.7. The number of amides is 3. The molecule has 142 valence electrons. The van der Waals surface area contributed by atoms with Crippen LogP contribution in [-0.2, 0) is 9.59 Å². The van der Waals surface area contributed by atoms with Gasteiger partial charge in [-0.3, -0.25) is 19.8 Å². The Kier molecular flexibility index (Phi) is 7.68.